The van der Waals surface area contributed by atoms with Gasteiger partial charge in [-0.15, -0.1) is 0 Å². The van der Waals surface area contributed by atoms with Crippen LogP contribution in [0.2, 0.25) is 0 Å². The van der Waals surface area contributed by atoms with Crippen molar-refractivity contribution in [3.8, 4) is 20.0 Å². The Morgan fingerprint density at radius 1 is 0.632 bits per heavy atom. The fourth-order valence-electron chi connectivity index (χ4n) is 1.97. The molecule has 0 unspecified atom stereocenters. The molecule has 92 valence electrons. The summed E-state index contributed by atoms with van der Waals surface area (Å²) in [5.74, 6) is 0. The van der Waals surface area contributed by atoms with E-state index in [1.54, 1.807) is 0 Å². The van der Waals surface area contributed by atoms with Crippen LogP contribution in [0, 0.1) is 4.51 Å². The maximum absolute atomic E-state index is 5.42. The first-order valence-electron chi connectivity index (χ1n) is 6.09. The molecule has 19 heavy (non-hydrogen) atoms. The van der Waals surface area contributed by atoms with E-state index in [1.807, 2.05) is 12.1 Å². The van der Waals surface area contributed by atoms with E-state index >= 15 is 0 Å². The molecular formula is C17H12SSe. The fraction of sp³-hybridized carbons (Fsp3) is 0. The molecule has 3 aromatic rings. The average molecular weight is 327 g/mol. The quantitative estimate of drug-likeness (QED) is 0.481. The molecule has 2 aromatic carbocycles. The molecule has 1 heterocycles. The van der Waals surface area contributed by atoms with E-state index < -0.39 is 0 Å². The summed E-state index contributed by atoms with van der Waals surface area (Å²) in [4.78, 5) is 0. The summed E-state index contributed by atoms with van der Waals surface area (Å²) in [6.45, 7) is 0. The van der Waals surface area contributed by atoms with E-state index in [9.17, 15) is 0 Å². The normalized spacial score (nSPS) is 10.3. The standard InChI is InChI=1S/C17H12SSe/c18-15-11-16(13-7-3-1-4-8-13)19-17(12-15)14-9-5-2-6-10-14/h1-12H. The minimum absolute atomic E-state index is 0.311. The minimum atomic E-state index is 0.311. The van der Waals surface area contributed by atoms with Crippen molar-refractivity contribution >= 4 is 26.7 Å². The average Bonchev–Trinajstić information content (AvgIpc) is 2.48. The first-order chi connectivity index (χ1) is 9.33. The Balaban J connectivity index is 2.15. The van der Waals surface area contributed by atoms with E-state index in [1.165, 1.54) is 20.0 Å². The van der Waals surface area contributed by atoms with Gasteiger partial charge in [-0.1, -0.05) is 0 Å². The van der Waals surface area contributed by atoms with Gasteiger partial charge in [-0.25, -0.2) is 0 Å². The molecule has 0 aliphatic rings. The summed E-state index contributed by atoms with van der Waals surface area (Å²) in [6, 6.07) is 25.3. The third-order valence-electron chi connectivity index (χ3n) is 2.88. The third-order valence-corrected chi connectivity index (χ3v) is 5.53. The Morgan fingerprint density at radius 3 is 1.47 bits per heavy atom. The number of benzene rings is 2. The van der Waals surface area contributed by atoms with Gasteiger partial charge in [0.05, 0.1) is 0 Å². The first-order valence-corrected chi connectivity index (χ1v) is 8.21. The first kappa shape index (κ1) is 12.6. The van der Waals surface area contributed by atoms with Crippen LogP contribution in [-0.2, 0) is 0 Å². The Hall–Kier alpha value is -1.47. The van der Waals surface area contributed by atoms with Gasteiger partial charge in [0.25, 0.3) is 0 Å². The van der Waals surface area contributed by atoms with Crippen molar-refractivity contribution in [1.29, 1.82) is 0 Å². The molecule has 0 fully saturated rings. The van der Waals surface area contributed by atoms with Crippen LogP contribution < -0.4 is 0 Å². The summed E-state index contributed by atoms with van der Waals surface area (Å²) in [6.07, 6.45) is 0. The van der Waals surface area contributed by atoms with Crippen LogP contribution >= 0.6 is 12.2 Å². The van der Waals surface area contributed by atoms with Crippen LogP contribution in [0.1, 0.15) is 0 Å². The molecule has 0 bridgehead atoms. The molecule has 0 atom stereocenters. The SMILES string of the molecule is S=c1cc(-c2ccccc2)[se]c(-c2ccccc2)c1. The van der Waals surface area contributed by atoms with Crippen LogP contribution in [0.15, 0.2) is 72.8 Å². The fourth-order valence-corrected chi connectivity index (χ4v) is 4.88. The van der Waals surface area contributed by atoms with Crippen LogP contribution in [0.25, 0.3) is 20.0 Å². The summed E-state index contributed by atoms with van der Waals surface area (Å²) in [5, 5.41) is 0. The van der Waals surface area contributed by atoms with Gasteiger partial charge in [0.1, 0.15) is 0 Å². The number of hydrogen-bond donors (Lipinski definition) is 0. The summed E-state index contributed by atoms with van der Waals surface area (Å²) < 4.78 is 3.64. The van der Waals surface area contributed by atoms with Gasteiger partial charge in [0, 0.05) is 0 Å². The van der Waals surface area contributed by atoms with E-state index in [0.717, 1.165) is 4.51 Å². The van der Waals surface area contributed by atoms with Gasteiger partial charge >= 0.3 is 124 Å². The predicted molar refractivity (Wildman–Crippen MR) is 85.1 cm³/mol. The number of hydrogen-bond acceptors (Lipinski definition) is 1. The zero-order valence-electron chi connectivity index (χ0n) is 10.2. The molecule has 1 aromatic heterocycles. The van der Waals surface area contributed by atoms with Crippen molar-refractivity contribution in [1.82, 2.24) is 0 Å². The molecule has 0 saturated carbocycles. The van der Waals surface area contributed by atoms with Gasteiger partial charge in [-0.05, 0) is 0 Å². The molecule has 0 N–H and O–H groups in total. The Morgan fingerprint density at radius 2 is 1.05 bits per heavy atom. The van der Waals surface area contributed by atoms with E-state index in [4.69, 9.17) is 12.2 Å². The maximum atomic E-state index is 5.42. The molecule has 0 radical (unpaired) electrons. The molecule has 0 aliphatic heterocycles. The van der Waals surface area contributed by atoms with Crippen molar-refractivity contribution in [3.63, 3.8) is 0 Å². The molecule has 0 aliphatic carbocycles. The van der Waals surface area contributed by atoms with Gasteiger partial charge in [-0.2, -0.15) is 0 Å². The van der Waals surface area contributed by atoms with Crippen LogP contribution in [0.3, 0.4) is 0 Å². The van der Waals surface area contributed by atoms with E-state index in [-0.39, 0.29) is 0 Å². The molecule has 0 spiro atoms. The van der Waals surface area contributed by atoms with Crippen LogP contribution in [-0.4, -0.2) is 14.5 Å². The molecule has 2 heteroatoms. The van der Waals surface area contributed by atoms with Crippen molar-refractivity contribution in [2.45, 2.75) is 0 Å². The van der Waals surface area contributed by atoms with Crippen LogP contribution in [0.4, 0.5) is 0 Å². The monoisotopic (exact) mass is 328 g/mol. The van der Waals surface area contributed by atoms with Crippen molar-refractivity contribution in [2.75, 3.05) is 0 Å². The summed E-state index contributed by atoms with van der Waals surface area (Å²) in [5.41, 5.74) is 2.57. The zero-order chi connectivity index (χ0) is 13.1. The second-order valence-electron chi connectivity index (χ2n) is 4.25. The zero-order valence-corrected chi connectivity index (χ0v) is 12.8. The topological polar surface area (TPSA) is 0 Å². The molecule has 0 saturated heterocycles. The Kier molecular flexibility index (Phi) is 3.74. The van der Waals surface area contributed by atoms with Gasteiger partial charge < -0.3 is 0 Å². The van der Waals surface area contributed by atoms with Crippen molar-refractivity contribution in [2.24, 2.45) is 0 Å². The Bertz CT molecular complexity index is 669. The molecule has 3 rings (SSSR count). The summed E-state index contributed by atoms with van der Waals surface area (Å²) >= 11 is 5.73. The van der Waals surface area contributed by atoms with Crippen molar-refractivity contribution in [3.05, 3.63) is 77.3 Å². The van der Waals surface area contributed by atoms with E-state index in [2.05, 4.69) is 60.7 Å². The Labute approximate surface area is 124 Å². The van der Waals surface area contributed by atoms with Gasteiger partial charge in [-0.3, -0.25) is 0 Å². The molecule has 0 amide bonds. The third kappa shape index (κ3) is 2.93. The second-order valence-corrected chi connectivity index (χ2v) is 7.00. The van der Waals surface area contributed by atoms with E-state index in [0.29, 0.717) is 14.5 Å². The summed E-state index contributed by atoms with van der Waals surface area (Å²) in [7, 11) is 0. The predicted octanol–water partition coefficient (Wildman–Crippen LogP) is 4.81. The second kappa shape index (κ2) is 5.66. The molecule has 0 nitrogen and oxygen atoms in total. The van der Waals surface area contributed by atoms with Gasteiger partial charge in [0.2, 0.25) is 0 Å². The van der Waals surface area contributed by atoms with Crippen LogP contribution in [0.5, 0.6) is 0 Å². The van der Waals surface area contributed by atoms with Gasteiger partial charge in [0.15, 0.2) is 0 Å². The molecular weight excluding hydrogens is 315 g/mol. The number of rotatable bonds is 2. The van der Waals surface area contributed by atoms with Crippen molar-refractivity contribution < 1.29 is 0 Å².